The summed E-state index contributed by atoms with van der Waals surface area (Å²) in [4.78, 5) is 9.17. The summed E-state index contributed by atoms with van der Waals surface area (Å²) in [5.74, 6) is 0. The van der Waals surface area contributed by atoms with E-state index in [1.165, 1.54) is 5.56 Å². The summed E-state index contributed by atoms with van der Waals surface area (Å²) in [7, 11) is 4.19. The molecule has 1 N–H and O–H groups in total. The third-order valence-electron chi connectivity index (χ3n) is 6.14. The van der Waals surface area contributed by atoms with Gasteiger partial charge in [0.15, 0.2) is 5.11 Å². The van der Waals surface area contributed by atoms with E-state index in [0.29, 0.717) is 10.0 Å². The van der Waals surface area contributed by atoms with E-state index in [2.05, 4.69) is 64.7 Å². The summed E-state index contributed by atoms with van der Waals surface area (Å²) in [6.45, 7) is 6.11. The molecule has 3 heterocycles. The molecule has 1 aromatic carbocycles. The first-order valence-electron chi connectivity index (χ1n) is 11.0. The number of aryl methyl sites for hydroxylation is 1. The van der Waals surface area contributed by atoms with Crippen LogP contribution in [0.1, 0.15) is 41.1 Å². The largest absolute Gasteiger partial charge is 0.352 e. The van der Waals surface area contributed by atoms with Gasteiger partial charge in [-0.05, 0) is 95.1 Å². The number of thiocarbonyl (C=S) groups is 1. The van der Waals surface area contributed by atoms with Crippen LogP contribution in [0.15, 0.2) is 48.7 Å². The van der Waals surface area contributed by atoms with Crippen molar-refractivity contribution in [2.45, 2.75) is 32.4 Å². The fraction of sp³-hybridized carbons (Fsp3) is 0.360. The number of rotatable bonds is 7. The van der Waals surface area contributed by atoms with E-state index in [4.69, 9.17) is 35.4 Å². The standard InChI is InChI=1S/C25H29Cl2N5S/c1-16-14-19(17(2)32(16)22-10-9-18(26)15-20(22)27)24-23(21-8-5-6-11-28-21)29-25(33)31(24)13-7-12-30(3)4/h5-6,8-11,14-15,23-24H,7,12-13H2,1-4H3,(H,29,33). The number of benzene rings is 1. The summed E-state index contributed by atoms with van der Waals surface area (Å²) in [6.07, 6.45) is 2.85. The summed E-state index contributed by atoms with van der Waals surface area (Å²) in [5.41, 5.74) is 5.36. The van der Waals surface area contributed by atoms with Crippen LogP contribution in [0.4, 0.5) is 0 Å². The lowest BCUT2D eigenvalue weighted by Gasteiger charge is -2.28. The highest BCUT2D eigenvalue weighted by Crippen LogP contribution is 2.42. The van der Waals surface area contributed by atoms with Gasteiger partial charge in [-0.3, -0.25) is 4.98 Å². The molecule has 33 heavy (non-hydrogen) atoms. The Morgan fingerprint density at radius 2 is 1.91 bits per heavy atom. The summed E-state index contributed by atoms with van der Waals surface area (Å²) in [5, 5.41) is 5.57. The van der Waals surface area contributed by atoms with Crippen molar-refractivity contribution in [1.29, 1.82) is 0 Å². The number of hydrogen-bond donors (Lipinski definition) is 1. The van der Waals surface area contributed by atoms with Crippen LogP contribution in [0.3, 0.4) is 0 Å². The number of hydrogen-bond acceptors (Lipinski definition) is 3. The van der Waals surface area contributed by atoms with Crippen LogP contribution < -0.4 is 5.32 Å². The Balaban J connectivity index is 1.79. The second kappa shape index (κ2) is 10.0. The fourth-order valence-electron chi connectivity index (χ4n) is 4.66. The molecule has 0 spiro atoms. The van der Waals surface area contributed by atoms with Crippen molar-refractivity contribution in [2.24, 2.45) is 0 Å². The maximum Gasteiger partial charge on any atom is 0.170 e. The summed E-state index contributed by atoms with van der Waals surface area (Å²) in [6, 6.07) is 13.9. The molecular formula is C25H29Cl2N5S. The smallest absolute Gasteiger partial charge is 0.170 e. The average Bonchev–Trinajstić information content (AvgIpc) is 3.24. The number of pyridine rings is 1. The van der Waals surface area contributed by atoms with Crippen LogP contribution in [0.5, 0.6) is 0 Å². The number of nitrogens with zero attached hydrogens (tertiary/aromatic N) is 4. The predicted molar refractivity (Wildman–Crippen MR) is 141 cm³/mol. The van der Waals surface area contributed by atoms with E-state index in [0.717, 1.165) is 47.4 Å². The van der Waals surface area contributed by atoms with E-state index in [1.807, 2.05) is 30.5 Å². The van der Waals surface area contributed by atoms with Crippen LogP contribution in [-0.2, 0) is 0 Å². The van der Waals surface area contributed by atoms with Gasteiger partial charge >= 0.3 is 0 Å². The van der Waals surface area contributed by atoms with Gasteiger partial charge in [0.2, 0.25) is 0 Å². The van der Waals surface area contributed by atoms with Gasteiger partial charge in [-0.25, -0.2) is 0 Å². The molecule has 0 saturated carbocycles. The van der Waals surface area contributed by atoms with Gasteiger partial charge in [-0.2, -0.15) is 0 Å². The third-order valence-corrected chi connectivity index (χ3v) is 7.03. The molecule has 2 aromatic heterocycles. The van der Waals surface area contributed by atoms with Crippen LogP contribution >= 0.6 is 35.4 Å². The van der Waals surface area contributed by atoms with E-state index >= 15 is 0 Å². The normalized spacial score (nSPS) is 18.3. The van der Waals surface area contributed by atoms with E-state index in [-0.39, 0.29) is 12.1 Å². The summed E-state index contributed by atoms with van der Waals surface area (Å²) < 4.78 is 2.20. The maximum absolute atomic E-state index is 6.59. The van der Waals surface area contributed by atoms with Crippen molar-refractivity contribution in [3.63, 3.8) is 0 Å². The molecule has 2 unspecified atom stereocenters. The zero-order chi connectivity index (χ0) is 23.7. The number of nitrogens with one attached hydrogen (secondary N) is 1. The second-order valence-corrected chi connectivity index (χ2v) is 9.96. The molecule has 8 heteroatoms. The molecule has 0 radical (unpaired) electrons. The first kappa shape index (κ1) is 24.0. The van der Waals surface area contributed by atoms with Gasteiger partial charge in [-0.1, -0.05) is 29.3 Å². The third kappa shape index (κ3) is 4.90. The van der Waals surface area contributed by atoms with Crippen molar-refractivity contribution in [2.75, 3.05) is 27.2 Å². The molecule has 1 saturated heterocycles. The molecule has 0 aliphatic carbocycles. The number of aromatic nitrogens is 2. The van der Waals surface area contributed by atoms with E-state index in [1.54, 1.807) is 6.07 Å². The van der Waals surface area contributed by atoms with Gasteiger partial charge in [0.1, 0.15) is 0 Å². The van der Waals surface area contributed by atoms with E-state index < -0.39 is 0 Å². The van der Waals surface area contributed by atoms with Gasteiger partial charge < -0.3 is 19.7 Å². The highest BCUT2D eigenvalue weighted by atomic mass is 35.5. The lowest BCUT2D eigenvalue weighted by molar-refractivity contribution is 0.292. The van der Waals surface area contributed by atoms with E-state index in [9.17, 15) is 0 Å². The minimum Gasteiger partial charge on any atom is -0.352 e. The molecule has 1 aliphatic rings. The number of halogens is 2. The maximum atomic E-state index is 6.59. The Bertz CT molecular complexity index is 1150. The summed E-state index contributed by atoms with van der Waals surface area (Å²) >= 11 is 18.6. The van der Waals surface area contributed by atoms with Crippen LogP contribution in [0.2, 0.25) is 10.0 Å². The minimum atomic E-state index is -0.0345. The Hall–Kier alpha value is -2.12. The van der Waals surface area contributed by atoms with Crippen molar-refractivity contribution in [3.05, 3.63) is 81.4 Å². The molecule has 4 rings (SSSR count). The van der Waals surface area contributed by atoms with Crippen LogP contribution in [0, 0.1) is 13.8 Å². The lowest BCUT2D eigenvalue weighted by Crippen LogP contribution is -2.32. The Morgan fingerprint density at radius 1 is 1.12 bits per heavy atom. The van der Waals surface area contributed by atoms with Crippen molar-refractivity contribution in [1.82, 2.24) is 24.7 Å². The molecule has 2 atom stereocenters. The van der Waals surface area contributed by atoms with Crippen molar-refractivity contribution < 1.29 is 0 Å². The lowest BCUT2D eigenvalue weighted by atomic mass is 9.96. The fourth-order valence-corrected chi connectivity index (χ4v) is 5.49. The molecular weight excluding hydrogens is 473 g/mol. The second-order valence-electron chi connectivity index (χ2n) is 8.73. The minimum absolute atomic E-state index is 0.0283. The van der Waals surface area contributed by atoms with Gasteiger partial charge in [0.05, 0.1) is 28.5 Å². The first-order chi connectivity index (χ1) is 15.8. The average molecular weight is 503 g/mol. The molecule has 1 fully saturated rings. The molecule has 0 bridgehead atoms. The highest BCUT2D eigenvalue weighted by Gasteiger charge is 2.41. The zero-order valence-corrected chi connectivity index (χ0v) is 21.7. The van der Waals surface area contributed by atoms with Crippen molar-refractivity contribution in [3.8, 4) is 5.69 Å². The first-order valence-corrected chi connectivity index (χ1v) is 12.2. The highest BCUT2D eigenvalue weighted by molar-refractivity contribution is 7.80. The molecule has 5 nitrogen and oxygen atoms in total. The van der Waals surface area contributed by atoms with Gasteiger partial charge in [0, 0.05) is 29.2 Å². The van der Waals surface area contributed by atoms with Crippen molar-refractivity contribution >= 4 is 40.5 Å². The molecule has 174 valence electrons. The molecule has 3 aromatic rings. The van der Waals surface area contributed by atoms with Crippen LogP contribution in [0.25, 0.3) is 5.69 Å². The predicted octanol–water partition coefficient (Wildman–Crippen LogP) is 5.72. The van der Waals surface area contributed by atoms with Crippen LogP contribution in [-0.4, -0.2) is 51.6 Å². The monoisotopic (exact) mass is 501 g/mol. The molecule has 1 aliphatic heterocycles. The molecule has 0 amide bonds. The quantitative estimate of drug-likeness (QED) is 0.419. The Kier molecular flexibility index (Phi) is 7.29. The van der Waals surface area contributed by atoms with Gasteiger partial charge in [-0.15, -0.1) is 0 Å². The Morgan fingerprint density at radius 3 is 2.58 bits per heavy atom. The van der Waals surface area contributed by atoms with Gasteiger partial charge in [0.25, 0.3) is 0 Å². The zero-order valence-electron chi connectivity index (χ0n) is 19.3. The Labute approximate surface area is 211 Å². The SMILES string of the molecule is Cc1cc(C2C(c3ccccn3)NC(=S)N2CCCN(C)C)c(C)n1-c1ccc(Cl)cc1Cl. The topological polar surface area (TPSA) is 36.3 Å².